The van der Waals surface area contributed by atoms with Crippen molar-refractivity contribution in [3.05, 3.63) is 102 Å². The summed E-state index contributed by atoms with van der Waals surface area (Å²) in [7, 11) is 0. The minimum absolute atomic E-state index is 0.153. The molecule has 3 amide bonds. The van der Waals surface area contributed by atoms with E-state index in [9.17, 15) is 14.4 Å². The average Bonchev–Trinajstić information content (AvgIpc) is 3.62. The first-order valence-electron chi connectivity index (χ1n) is 14.9. The van der Waals surface area contributed by atoms with Crippen LogP contribution in [-0.4, -0.2) is 59.2 Å². The third-order valence-electron chi connectivity index (χ3n) is 7.88. The fourth-order valence-corrected chi connectivity index (χ4v) is 5.77. The number of benzene rings is 3. The molecular formula is C35H40N2O6. The quantitative estimate of drug-likeness (QED) is 0.295. The molecule has 226 valence electrons. The highest BCUT2D eigenvalue weighted by Crippen LogP contribution is 2.33. The van der Waals surface area contributed by atoms with Gasteiger partial charge >= 0.3 is 12.2 Å². The van der Waals surface area contributed by atoms with E-state index in [1.54, 1.807) is 4.90 Å². The SMILES string of the molecule is CC(C)(C)OC(=O)N1CCC(C(Cc2cccc(OCc3ccccc3)c2)C(=O)N2C(=O)OCC2Cc2ccccc2)C1. The van der Waals surface area contributed by atoms with Gasteiger partial charge < -0.3 is 19.1 Å². The molecule has 43 heavy (non-hydrogen) atoms. The molecule has 0 bridgehead atoms. The van der Waals surface area contributed by atoms with Gasteiger partial charge in [-0.15, -0.1) is 0 Å². The highest BCUT2D eigenvalue weighted by Gasteiger charge is 2.45. The summed E-state index contributed by atoms with van der Waals surface area (Å²) < 4.78 is 17.1. The maximum atomic E-state index is 14.3. The second-order valence-corrected chi connectivity index (χ2v) is 12.3. The topological polar surface area (TPSA) is 85.4 Å². The van der Waals surface area contributed by atoms with Crippen molar-refractivity contribution >= 4 is 18.1 Å². The first-order valence-corrected chi connectivity index (χ1v) is 14.9. The number of carbonyl (C=O) groups excluding carboxylic acids is 3. The van der Waals surface area contributed by atoms with Crippen molar-refractivity contribution in [1.29, 1.82) is 0 Å². The molecule has 0 N–H and O–H groups in total. The van der Waals surface area contributed by atoms with Crippen LogP contribution in [0, 0.1) is 11.8 Å². The molecule has 0 radical (unpaired) electrons. The molecule has 2 aliphatic rings. The Balaban J connectivity index is 1.36. The molecule has 2 heterocycles. The van der Waals surface area contributed by atoms with Crippen molar-refractivity contribution in [3.8, 4) is 5.75 Å². The van der Waals surface area contributed by atoms with E-state index in [2.05, 4.69) is 0 Å². The first kappa shape index (κ1) is 30.1. The van der Waals surface area contributed by atoms with E-state index in [0.717, 1.165) is 16.7 Å². The van der Waals surface area contributed by atoms with Crippen molar-refractivity contribution in [2.75, 3.05) is 19.7 Å². The Morgan fingerprint density at radius 1 is 0.930 bits per heavy atom. The molecule has 3 aromatic carbocycles. The van der Waals surface area contributed by atoms with Gasteiger partial charge in [0.25, 0.3) is 0 Å². The molecule has 2 saturated heterocycles. The van der Waals surface area contributed by atoms with E-state index in [1.165, 1.54) is 4.90 Å². The Bertz CT molecular complexity index is 1400. The predicted molar refractivity (Wildman–Crippen MR) is 162 cm³/mol. The Morgan fingerprint density at radius 2 is 1.60 bits per heavy atom. The highest BCUT2D eigenvalue weighted by atomic mass is 16.6. The molecule has 8 heteroatoms. The Labute approximate surface area is 253 Å². The molecule has 0 aliphatic carbocycles. The van der Waals surface area contributed by atoms with E-state index in [0.29, 0.717) is 44.7 Å². The van der Waals surface area contributed by atoms with Crippen LogP contribution in [0.5, 0.6) is 5.75 Å². The molecule has 0 aromatic heterocycles. The standard InChI is InChI=1S/C35H40N2O6/c1-35(2,3)43-33(39)36-18-17-28(22-36)31(21-27-15-10-16-30(20-27)41-23-26-13-8-5-9-14-26)32(38)37-29(24-42-34(37)40)19-25-11-6-4-7-12-25/h4-16,20,28-29,31H,17-19,21-24H2,1-3H3. The zero-order valence-electron chi connectivity index (χ0n) is 25.1. The third-order valence-corrected chi connectivity index (χ3v) is 7.88. The fraction of sp³-hybridized carbons (Fsp3) is 0.400. The lowest BCUT2D eigenvalue weighted by atomic mass is 9.84. The predicted octanol–water partition coefficient (Wildman–Crippen LogP) is 6.27. The monoisotopic (exact) mass is 584 g/mol. The number of likely N-dealkylation sites (tertiary alicyclic amines) is 1. The number of imide groups is 1. The lowest BCUT2D eigenvalue weighted by Crippen LogP contribution is -2.46. The van der Waals surface area contributed by atoms with E-state index in [4.69, 9.17) is 14.2 Å². The zero-order valence-corrected chi connectivity index (χ0v) is 25.1. The second-order valence-electron chi connectivity index (χ2n) is 12.3. The maximum Gasteiger partial charge on any atom is 0.416 e. The number of amides is 3. The van der Waals surface area contributed by atoms with Crippen LogP contribution < -0.4 is 4.74 Å². The largest absolute Gasteiger partial charge is 0.489 e. The summed E-state index contributed by atoms with van der Waals surface area (Å²) in [6, 6.07) is 27.1. The molecule has 0 saturated carbocycles. The van der Waals surface area contributed by atoms with Crippen molar-refractivity contribution < 1.29 is 28.6 Å². The van der Waals surface area contributed by atoms with Gasteiger partial charge in [-0.2, -0.15) is 0 Å². The second kappa shape index (κ2) is 13.3. The molecule has 2 aliphatic heterocycles. The van der Waals surface area contributed by atoms with Crippen LogP contribution in [0.4, 0.5) is 9.59 Å². The summed E-state index contributed by atoms with van der Waals surface area (Å²) in [5.41, 5.74) is 2.40. The summed E-state index contributed by atoms with van der Waals surface area (Å²) in [4.78, 5) is 43.1. The number of nitrogens with zero attached hydrogens (tertiary/aromatic N) is 2. The van der Waals surface area contributed by atoms with Crippen molar-refractivity contribution in [2.24, 2.45) is 11.8 Å². The van der Waals surface area contributed by atoms with Gasteiger partial charge in [-0.3, -0.25) is 4.79 Å². The van der Waals surface area contributed by atoms with Gasteiger partial charge in [0, 0.05) is 19.0 Å². The lowest BCUT2D eigenvalue weighted by Gasteiger charge is -2.29. The number of hydrogen-bond donors (Lipinski definition) is 0. The normalized spacial score (nSPS) is 19.2. The molecule has 3 unspecified atom stereocenters. The molecule has 3 atom stereocenters. The summed E-state index contributed by atoms with van der Waals surface area (Å²) in [6.07, 6.45) is 0.544. The highest BCUT2D eigenvalue weighted by molar-refractivity contribution is 5.95. The van der Waals surface area contributed by atoms with Crippen LogP contribution in [0.2, 0.25) is 0 Å². The van der Waals surface area contributed by atoms with Gasteiger partial charge in [-0.05, 0) is 74.8 Å². The summed E-state index contributed by atoms with van der Waals surface area (Å²) in [6.45, 7) is 6.96. The molecular weight excluding hydrogens is 544 g/mol. The third kappa shape index (κ3) is 7.95. The minimum atomic E-state index is -0.617. The first-order chi connectivity index (χ1) is 20.7. The number of ether oxygens (including phenoxy) is 3. The average molecular weight is 585 g/mol. The van der Waals surface area contributed by atoms with E-state index >= 15 is 0 Å². The van der Waals surface area contributed by atoms with Gasteiger partial charge in [-0.25, -0.2) is 14.5 Å². The van der Waals surface area contributed by atoms with Crippen LogP contribution in [0.3, 0.4) is 0 Å². The lowest BCUT2D eigenvalue weighted by molar-refractivity contribution is -0.135. The van der Waals surface area contributed by atoms with Crippen molar-refractivity contribution in [1.82, 2.24) is 9.80 Å². The van der Waals surface area contributed by atoms with Gasteiger partial charge in [0.05, 0.1) is 6.04 Å². The van der Waals surface area contributed by atoms with Crippen molar-refractivity contribution in [3.63, 3.8) is 0 Å². The molecule has 5 rings (SSSR count). The number of rotatable bonds is 9. The van der Waals surface area contributed by atoms with Crippen LogP contribution in [-0.2, 0) is 33.7 Å². The molecule has 0 spiro atoms. The molecule has 3 aromatic rings. The van der Waals surface area contributed by atoms with Gasteiger partial charge in [0.15, 0.2) is 0 Å². The van der Waals surface area contributed by atoms with E-state index < -0.39 is 23.7 Å². The summed E-state index contributed by atoms with van der Waals surface area (Å²) in [5, 5.41) is 0. The Morgan fingerprint density at radius 3 is 2.30 bits per heavy atom. The molecule has 2 fully saturated rings. The minimum Gasteiger partial charge on any atom is -0.489 e. The smallest absolute Gasteiger partial charge is 0.416 e. The van der Waals surface area contributed by atoms with Gasteiger partial charge in [0.2, 0.25) is 5.91 Å². The summed E-state index contributed by atoms with van der Waals surface area (Å²) in [5.74, 6) is -0.257. The fourth-order valence-electron chi connectivity index (χ4n) is 5.77. The van der Waals surface area contributed by atoms with Gasteiger partial charge in [-0.1, -0.05) is 72.8 Å². The Kier molecular flexibility index (Phi) is 9.34. The van der Waals surface area contributed by atoms with Crippen molar-refractivity contribution in [2.45, 2.75) is 58.3 Å². The number of carbonyl (C=O) groups is 3. The van der Waals surface area contributed by atoms with Crippen LogP contribution in [0.25, 0.3) is 0 Å². The number of cyclic esters (lactones) is 1. The Hall–Kier alpha value is -4.33. The van der Waals surface area contributed by atoms with Crippen LogP contribution in [0.15, 0.2) is 84.9 Å². The zero-order chi connectivity index (χ0) is 30.4. The summed E-state index contributed by atoms with van der Waals surface area (Å²) >= 11 is 0. The van der Waals surface area contributed by atoms with Crippen LogP contribution >= 0.6 is 0 Å². The van der Waals surface area contributed by atoms with Gasteiger partial charge in [0.1, 0.15) is 24.6 Å². The van der Waals surface area contributed by atoms with E-state index in [-0.39, 0.29) is 24.5 Å². The van der Waals surface area contributed by atoms with E-state index in [1.807, 2.05) is 106 Å². The number of hydrogen-bond acceptors (Lipinski definition) is 6. The molecule has 8 nitrogen and oxygen atoms in total. The maximum absolute atomic E-state index is 14.3. The van der Waals surface area contributed by atoms with Crippen LogP contribution in [0.1, 0.15) is 43.9 Å².